The van der Waals surface area contributed by atoms with Gasteiger partial charge < -0.3 is 14.5 Å². The van der Waals surface area contributed by atoms with Gasteiger partial charge in [0.05, 0.1) is 5.69 Å². The molecule has 0 saturated heterocycles. The van der Waals surface area contributed by atoms with E-state index in [0.29, 0.717) is 6.54 Å². The highest BCUT2D eigenvalue weighted by molar-refractivity contribution is 5.81. The summed E-state index contributed by atoms with van der Waals surface area (Å²) < 4.78 is 11.7. The van der Waals surface area contributed by atoms with E-state index < -0.39 is 11.6 Å². The van der Waals surface area contributed by atoms with Crippen LogP contribution in [-0.4, -0.2) is 27.6 Å². The number of esters is 1. The SMILES string of the molecule is CC1c2nccc(Oc3ccc4[nH]ccc4c3)c2CNC1C(=O)OC(C)(C)C. The number of benzene rings is 1. The Morgan fingerprint density at radius 2 is 2.04 bits per heavy atom. The first-order valence-electron chi connectivity index (χ1n) is 9.51. The summed E-state index contributed by atoms with van der Waals surface area (Å²) in [5, 5.41) is 4.39. The number of rotatable bonds is 3. The Kier molecular flexibility index (Phi) is 4.59. The predicted molar refractivity (Wildman–Crippen MR) is 107 cm³/mol. The van der Waals surface area contributed by atoms with Crippen molar-refractivity contribution < 1.29 is 14.3 Å². The number of fused-ring (bicyclic) bond motifs is 2. The molecule has 3 aromatic rings. The van der Waals surface area contributed by atoms with Crippen LogP contribution >= 0.6 is 0 Å². The van der Waals surface area contributed by atoms with E-state index in [1.807, 2.05) is 64.2 Å². The lowest BCUT2D eigenvalue weighted by Crippen LogP contribution is -2.47. The number of pyridine rings is 1. The van der Waals surface area contributed by atoms with Crippen LogP contribution in [0.5, 0.6) is 11.5 Å². The van der Waals surface area contributed by atoms with Crippen LogP contribution in [0.15, 0.2) is 42.7 Å². The molecule has 0 spiro atoms. The summed E-state index contributed by atoms with van der Waals surface area (Å²) in [6.07, 6.45) is 3.64. The molecule has 1 aliphatic heterocycles. The van der Waals surface area contributed by atoms with Crippen LogP contribution in [-0.2, 0) is 16.1 Å². The number of carbonyl (C=O) groups excluding carboxylic acids is 1. The van der Waals surface area contributed by atoms with Gasteiger partial charge in [-0.1, -0.05) is 6.92 Å². The third-order valence-corrected chi connectivity index (χ3v) is 4.89. The smallest absolute Gasteiger partial charge is 0.324 e. The maximum atomic E-state index is 12.6. The second kappa shape index (κ2) is 6.95. The zero-order valence-electron chi connectivity index (χ0n) is 16.6. The predicted octanol–water partition coefficient (Wildman–Crippen LogP) is 4.27. The molecule has 146 valence electrons. The molecule has 28 heavy (non-hydrogen) atoms. The number of carbonyl (C=O) groups is 1. The number of aromatic nitrogens is 2. The molecule has 3 heterocycles. The molecule has 0 amide bonds. The van der Waals surface area contributed by atoms with Crippen molar-refractivity contribution in [2.45, 2.75) is 51.8 Å². The number of nitrogens with one attached hydrogen (secondary N) is 2. The first-order valence-corrected chi connectivity index (χ1v) is 9.51. The van der Waals surface area contributed by atoms with Crippen molar-refractivity contribution in [1.82, 2.24) is 15.3 Å². The molecule has 2 unspecified atom stereocenters. The molecule has 0 saturated carbocycles. The molecule has 0 aliphatic carbocycles. The van der Waals surface area contributed by atoms with Crippen LogP contribution in [0.25, 0.3) is 10.9 Å². The van der Waals surface area contributed by atoms with Gasteiger partial charge in [0.2, 0.25) is 0 Å². The van der Waals surface area contributed by atoms with Crippen LogP contribution in [0.1, 0.15) is 44.9 Å². The molecular weight excluding hydrogens is 354 g/mol. The Balaban J connectivity index is 1.59. The van der Waals surface area contributed by atoms with Crippen LogP contribution in [0, 0.1) is 0 Å². The van der Waals surface area contributed by atoms with Gasteiger partial charge in [-0.2, -0.15) is 0 Å². The second-order valence-corrected chi connectivity index (χ2v) is 8.18. The zero-order valence-corrected chi connectivity index (χ0v) is 16.6. The van der Waals surface area contributed by atoms with Crippen LogP contribution < -0.4 is 10.1 Å². The molecule has 6 nitrogen and oxygen atoms in total. The molecular formula is C22H25N3O3. The fraction of sp³-hybridized carbons (Fsp3) is 0.364. The Bertz CT molecular complexity index is 1020. The molecule has 0 fully saturated rings. The van der Waals surface area contributed by atoms with Crippen LogP contribution in [0.3, 0.4) is 0 Å². The third-order valence-electron chi connectivity index (χ3n) is 4.89. The van der Waals surface area contributed by atoms with E-state index in [2.05, 4.69) is 15.3 Å². The number of H-pyrrole nitrogens is 1. The second-order valence-electron chi connectivity index (χ2n) is 8.18. The highest BCUT2D eigenvalue weighted by Gasteiger charge is 2.36. The number of hydrogen-bond donors (Lipinski definition) is 2. The van der Waals surface area contributed by atoms with E-state index in [1.54, 1.807) is 6.20 Å². The van der Waals surface area contributed by atoms with Gasteiger partial charge in [0.1, 0.15) is 23.1 Å². The van der Waals surface area contributed by atoms with Gasteiger partial charge in [-0.25, -0.2) is 0 Å². The molecule has 2 aromatic heterocycles. The molecule has 2 atom stereocenters. The van der Waals surface area contributed by atoms with Crippen molar-refractivity contribution in [3.8, 4) is 11.5 Å². The van der Waals surface area contributed by atoms with Gasteiger partial charge in [-0.05, 0) is 51.1 Å². The molecule has 6 heteroatoms. The van der Waals surface area contributed by atoms with Crippen LogP contribution in [0.2, 0.25) is 0 Å². The summed E-state index contributed by atoms with van der Waals surface area (Å²) in [6, 6.07) is 9.39. The Morgan fingerprint density at radius 1 is 1.21 bits per heavy atom. The standard InChI is InChI=1S/C22H25N3O3/c1-13-19-16(12-25-20(13)21(26)28-22(2,3)4)18(8-10-24-19)27-15-5-6-17-14(11-15)7-9-23-17/h5-11,13,20,23,25H,12H2,1-4H3. The lowest BCUT2D eigenvalue weighted by molar-refractivity contribution is -0.158. The van der Waals surface area contributed by atoms with Crippen molar-refractivity contribution in [2.75, 3.05) is 0 Å². The minimum atomic E-state index is -0.520. The number of hydrogen-bond acceptors (Lipinski definition) is 5. The summed E-state index contributed by atoms with van der Waals surface area (Å²) in [5.41, 5.74) is 2.40. The quantitative estimate of drug-likeness (QED) is 0.665. The fourth-order valence-electron chi connectivity index (χ4n) is 3.58. The first kappa shape index (κ1) is 18.5. The van der Waals surface area contributed by atoms with Gasteiger partial charge in [-0.15, -0.1) is 0 Å². The summed E-state index contributed by atoms with van der Waals surface area (Å²) in [7, 11) is 0. The molecule has 1 aromatic carbocycles. The lowest BCUT2D eigenvalue weighted by Gasteiger charge is -2.32. The first-order chi connectivity index (χ1) is 13.3. The minimum absolute atomic E-state index is 0.116. The average molecular weight is 379 g/mol. The summed E-state index contributed by atoms with van der Waals surface area (Å²) in [5.74, 6) is 1.15. The maximum Gasteiger partial charge on any atom is 0.324 e. The number of ether oxygens (including phenoxy) is 2. The normalized spacial score (nSPS) is 19.3. The van der Waals surface area contributed by atoms with Gasteiger partial charge in [0, 0.05) is 41.3 Å². The van der Waals surface area contributed by atoms with Gasteiger partial charge in [-0.3, -0.25) is 15.1 Å². The monoisotopic (exact) mass is 379 g/mol. The lowest BCUT2D eigenvalue weighted by atomic mass is 9.89. The fourth-order valence-corrected chi connectivity index (χ4v) is 3.58. The Hall–Kier alpha value is -2.86. The molecule has 1 aliphatic rings. The van der Waals surface area contributed by atoms with E-state index in [9.17, 15) is 4.79 Å². The van der Waals surface area contributed by atoms with Crippen molar-refractivity contribution in [2.24, 2.45) is 0 Å². The van der Waals surface area contributed by atoms with Gasteiger partial charge in [0.15, 0.2) is 0 Å². The summed E-state index contributed by atoms with van der Waals surface area (Å²) in [4.78, 5) is 20.3. The van der Waals surface area contributed by atoms with Crippen molar-refractivity contribution in [3.05, 3.63) is 54.0 Å². The summed E-state index contributed by atoms with van der Waals surface area (Å²) >= 11 is 0. The van der Waals surface area contributed by atoms with E-state index in [0.717, 1.165) is 33.7 Å². The molecule has 0 bridgehead atoms. The van der Waals surface area contributed by atoms with E-state index >= 15 is 0 Å². The largest absolute Gasteiger partial charge is 0.459 e. The third kappa shape index (κ3) is 3.60. The van der Waals surface area contributed by atoms with Crippen molar-refractivity contribution in [1.29, 1.82) is 0 Å². The molecule has 2 N–H and O–H groups in total. The minimum Gasteiger partial charge on any atom is -0.459 e. The number of aromatic amines is 1. The Labute approximate surface area is 164 Å². The number of nitrogens with zero attached hydrogens (tertiary/aromatic N) is 1. The highest BCUT2D eigenvalue weighted by Crippen LogP contribution is 2.35. The van der Waals surface area contributed by atoms with Crippen LogP contribution in [0.4, 0.5) is 0 Å². The molecule has 0 radical (unpaired) electrons. The van der Waals surface area contributed by atoms with E-state index in [1.165, 1.54) is 0 Å². The Morgan fingerprint density at radius 3 is 2.82 bits per heavy atom. The van der Waals surface area contributed by atoms with Crippen molar-refractivity contribution in [3.63, 3.8) is 0 Å². The zero-order chi connectivity index (χ0) is 19.9. The van der Waals surface area contributed by atoms with E-state index in [4.69, 9.17) is 9.47 Å². The average Bonchev–Trinajstić information content (AvgIpc) is 3.09. The summed E-state index contributed by atoms with van der Waals surface area (Å²) in [6.45, 7) is 8.11. The van der Waals surface area contributed by atoms with E-state index in [-0.39, 0.29) is 11.9 Å². The highest BCUT2D eigenvalue weighted by atomic mass is 16.6. The maximum absolute atomic E-state index is 12.6. The van der Waals surface area contributed by atoms with Gasteiger partial charge >= 0.3 is 5.97 Å². The topological polar surface area (TPSA) is 76.2 Å². The van der Waals surface area contributed by atoms with Gasteiger partial charge in [0.25, 0.3) is 0 Å². The van der Waals surface area contributed by atoms with Crippen molar-refractivity contribution >= 4 is 16.9 Å². The molecule has 4 rings (SSSR count).